The third kappa shape index (κ3) is 1.97. The Morgan fingerprint density at radius 2 is 2.00 bits per heavy atom. The molecule has 0 bridgehead atoms. The van der Waals surface area contributed by atoms with E-state index in [-0.39, 0.29) is 11.9 Å². The predicted molar refractivity (Wildman–Crippen MR) is 61.4 cm³/mol. The van der Waals surface area contributed by atoms with Gasteiger partial charge in [0.05, 0.1) is 11.7 Å². The minimum Gasteiger partial charge on any atom is -0.328 e. The third-order valence-corrected chi connectivity index (χ3v) is 2.57. The zero-order chi connectivity index (χ0) is 11.5. The van der Waals surface area contributed by atoms with Crippen molar-refractivity contribution in [3.63, 3.8) is 0 Å². The maximum atomic E-state index is 12.8. The van der Waals surface area contributed by atoms with E-state index >= 15 is 0 Å². The average Bonchev–Trinajstić information content (AvgIpc) is 2.78. The molecule has 0 saturated carbocycles. The Hall–Kier alpha value is -1.68. The molecule has 16 heavy (non-hydrogen) atoms. The van der Waals surface area contributed by atoms with Crippen molar-refractivity contribution >= 4 is 0 Å². The van der Waals surface area contributed by atoms with Crippen LogP contribution in [0.5, 0.6) is 0 Å². The molecule has 1 unspecified atom stereocenters. The molecule has 0 amide bonds. The molecule has 4 heteroatoms. The number of hydrogen-bond donors (Lipinski definition) is 1. The fourth-order valence-corrected chi connectivity index (χ4v) is 1.61. The molecule has 1 heterocycles. The summed E-state index contributed by atoms with van der Waals surface area (Å²) in [6, 6.07) is 8.41. The van der Waals surface area contributed by atoms with Gasteiger partial charge in [-0.05, 0) is 42.8 Å². The number of nitrogens with two attached hydrogens (primary N) is 1. The number of hydrogen-bond acceptors (Lipinski definition) is 2. The predicted octanol–water partition coefficient (Wildman–Crippen LogP) is 2.21. The van der Waals surface area contributed by atoms with Crippen LogP contribution in [0.15, 0.2) is 36.5 Å². The summed E-state index contributed by atoms with van der Waals surface area (Å²) in [5.41, 5.74) is 7.51. The molecule has 0 aliphatic heterocycles. The highest BCUT2D eigenvalue weighted by atomic mass is 19.1. The van der Waals surface area contributed by atoms with Crippen LogP contribution in [0.1, 0.15) is 13.0 Å². The topological polar surface area (TPSA) is 43.8 Å². The maximum absolute atomic E-state index is 12.8. The largest absolute Gasteiger partial charge is 0.328 e. The van der Waals surface area contributed by atoms with Crippen LogP contribution < -0.4 is 5.73 Å². The lowest BCUT2D eigenvalue weighted by Crippen LogP contribution is -2.17. The lowest BCUT2D eigenvalue weighted by atomic mass is 10.1. The Morgan fingerprint density at radius 1 is 1.31 bits per heavy atom. The van der Waals surface area contributed by atoms with E-state index in [0.29, 0.717) is 6.54 Å². The van der Waals surface area contributed by atoms with Crippen LogP contribution in [0.2, 0.25) is 0 Å². The number of nitrogens with zero attached hydrogens (tertiary/aromatic N) is 2. The van der Waals surface area contributed by atoms with E-state index in [0.717, 1.165) is 11.3 Å². The molecule has 0 fully saturated rings. The Bertz CT molecular complexity index is 461. The molecule has 1 aromatic heterocycles. The molecular formula is C12H14FN3. The van der Waals surface area contributed by atoms with E-state index < -0.39 is 0 Å². The minimum atomic E-state index is -0.235. The Kier molecular flexibility index (Phi) is 3.01. The van der Waals surface area contributed by atoms with Gasteiger partial charge in [-0.15, -0.1) is 0 Å². The normalized spacial score (nSPS) is 12.7. The Morgan fingerprint density at radius 3 is 2.62 bits per heavy atom. The van der Waals surface area contributed by atoms with E-state index in [1.54, 1.807) is 18.3 Å². The summed E-state index contributed by atoms with van der Waals surface area (Å²) in [5, 5.41) is 4.23. The molecule has 0 aliphatic rings. The standard InChI is InChI=1S/C12H14FN3/c1-9(8-14)16-12(6-7-15-16)10-2-4-11(13)5-3-10/h2-7,9H,8,14H2,1H3. The SMILES string of the molecule is CC(CN)n1nccc1-c1ccc(F)cc1. The molecule has 1 aromatic carbocycles. The van der Waals surface area contributed by atoms with Crippen LogP contribution in [-0.4, -0.2) is 16.3 Å². The van der Waals surface area contributed by atoms with Gasteiger partial charge in [0.15, 0.2) is 0 Å². The summed E-state index contributed by atoms with van der Waals surface area (Å²) in [6.07, 6.45) is 1.73. The van der Waals surface area contributed by atoms with Gasteiger partial charge in [-0.25, -0.2) is 4.39 Å². The number of halogens is 1. The molecule has 84 valence electrons. The van der Waals surface area contributed by atoms with Gasteiger partial charge in [0.25, 0.3) is 0 Å². The molecule has 0 saturated heterocycles. The molecule has 0 radical (unpaired) electrons. The van der Waals surface area contributed by atoms with E-state index in [4.69, 9.17) is 5.73 Å². The van der Waals surface area contributed by atoms with Crippen molar-refractivity contribution in [2.24, 2.45) is 5.73 Å². The van der Waals surface area contributed by atoms with Crippen molar-refractivity contribution in [1.29, 1.82) is 0 Å². The van der Waals surface area contributed by atoms with E-state index in [9.17, 15) is 4.39 Å². The maximum Gasteiger partial charge on any atom is 0.123 e. The summed E-state index contributed by atoms with van der Waals surface area (Å²) < 4.78 is 14.7. The van der Waals surface area contributed by atoms with Crippen molar-refractivity contribution in [2.45, 2.75) is 13.0 Å². The van der Waals surface area contributed by atoms with Gasteiger partial charge < -0.3 is 5.73 Å². The fraction of sp³-hybridized carbons (Fsp3) is 0.250. The number of rotatable bonds is 3. The fourth-order valence-electron chi connectivity index (χ4n) is 1.61. The van der Waals surface area contributed by atoms with E-state index in [2.05, 4.69) is 5.10 Å². The average molecular weight is 219 g/mol. The van der Waals surface area contributed by atoms with Gasteiger partial charge in [0, 0.05) is 12.7 Å². The van der Waals surface area contributed by atoms with Crippen molar-refractivity contribution in [3.8, 4) is 11.3 Å². The molecule has 2 rings (SSSR count). The number of aromatic nitrogens is 2. The van der Waals surface area contributed by atoms with Gasteiger partial charge in [0.1, 0.15) is 5.82 Å². The number of benzene rings is 1. The monoisotopic (exact) mass is 219 g/mol. The second-order valence-corrected chi connectivity index (χ2v) is 3.75. The molecular weight excluding hydrogens is 205 g/mol. The minimum absolute atomic E-state index is 0.134. The molecule has 3 nitrogen and oxygen atoms in total. The third-order valence-electron chi connectivity index (χ3n) is 2.57. The highest BCUT2D eigenvalue weighted by molar-refractivity contribution is 5.59. The molecule has 2 N–H and O–H groups in total. The zero-order valence-corrected chi connectivity index (χ0v) is 9.10. The molecule has 0 aliphatic carbocycles. The van der Waals surface area contributed by atoms with Crippen LogP contribution in [0.25, 0.3) is 11.3 Å². The van der Waals surface area contributed by atoms with Crippen molar-refractivity contribution in [3.05, 3.63) is 42.3 Å². The zero-order valence-electron chi connectivity index (χ0n) is 9.10. The van der Waals surface area contributed by atoms with Gasteiger partial charge in [-0.3, -0.25) is 4.68 Å². The van der Waals surface area contributed by atoms with Gasteiger partial charge in [0.2, 0.25) is 0 Å². The van der Waals surface area contributed by atoms with Gasteiger partial charge in [-0.1, -0.05) is 0 Å². The van der Waals surface area contributed by atoms with Crippen LogP contribution >= 0.6 is 0 Å². The highest BCUT2D eigenvalue weighted by Crippen LogP contribution is 2.21. The Balaban J connectivity index is 2.40. The second-order valence-electron chi connectivity index (χ2n) is 3.75. The van der Waals surface area contributed by atoms with Crippen LogP contribution in [-0.2, 0) is 0 Å². The van der Waals surface area contributed by atoms with Gasteiger partial charge >= 0.3 is 0 Å². The van der Waals surface area contributed by atoms with Crippen LogP contribution in [0.4, 0.5) is 4.39 Å². The first-order valence-electron chi connectivity index (χ1n) is 5.22. The summed E-state index contributed by atoms with van der Waals surface area (Å²) in [5.74, 6) is -0.235. The lowest BCUT2D eigenvalue weighted by molar-refractivity contribution is 0.506. The Labute approximate surface area is 93.7 Å². The van der Waals surface area contributed by atoms with Crippen LogP contribution in [0.3, 0.4) is 0 Å². The lowest BCUT2D eigenvalue weighted by Gasteiger charge is -2.13. The smallest absolute Gasteiger partial charge is 0.123 e. The van der Waals surface area contributed by atoms with E-state index in [1.165, 1.54) is 12.1 Å². The van der Waals surface area contributed by atoms with Crippen molar-refractivity contribution in [2.75, 3.05) is 6.54 Å². The molecule has 1 atom stereocenters. The van der Waals surface area contributed by atoms with Crippen LogP contribution in [0, 0.1) is 5.82 Å². The molecule has 0 spiro atoms. The summed E-state index contributed by atoms with van der Waals surface area (Å²) in [6.45, 7) is 2.52. The first kappa shape index (κ1) is 10.8. The molecule has 2 aromatic rings. The first-order valence-corrected chi connectivity index (χ1v) is 5.22. The quantitative estimate of drug-likeness (QED) is 0.860. The van der Waals surface area contributed by atoms with Crippen molar-refractivity contribution in [1.82, 2.24) is 9.78 Å². The summed E-state index contributed by atoms with van der Waals surface area (Å²) in [7, 11) is 0. The summed E-state index contributed by atoms with van der Waals surface area (Å²) in [4.78, 5) is 0. The van der Waals surface area contributed by atoms with Crippen molar-refractivity contribution < 1.29 is 4.39 Å². The highest BCUT2D eigenvalue weighted by Gasteiger charge is 2.09. The second kappa shape index (κ2) is 4.45. The first-order chi connectivity index (χ1) is 7.72. The summed E-state index contributed by atoms with van der Waals surface area (Å²) >= 11 is 0. The van der Waals surface area contributed by atoms with Gasteiger partial charge in [-0.2, -0.15) is 5.10 Å². The van der Waals surface area contributed by atoms with E-state index in [1.807, 2.05) is 17.7 Å².